The quantitative estimate of drug-likeness (QED) is 0.142. The zero-order valence-corrected chi connectivity index (χ0v) is 53.8. The van der Waals surface area contributed by atoms with Crippen LogP contribution >= 0.6 is 11.3 Å². The van der Waals surface area contributed by atoms with Crippen molar-refractivity contribution in [3.8, 4) is 90.1 Å². The van der Waals surface area contributed by atoms with E-state index >= 15 is 0 Å². The fraction of sp³-hybridized carbons (Fsp3) is 0. The number of benzene rings is 16. The molecule has 98 heavy (non-hydrogen) atoms. The minimum absolute atomic E-state index is 0.666. The fourth-order valence-electron chi connectivity index (χ4n) is 14.8. The highest BCUT2D eigenvalue weighted by Crippen LogP contribution is 2.48. The third kappa shape index (κ3) is 9.68. The first-order valence-corrected chi connectivity index (χ1v) is 34.0. The molecule has 0 N–H and O–H groups in total. The number of furan rings is 1. The van der Waals surface area contributed by atoms with Gasteiger partial charge in [-0.3, -0.25) is 0 Å². The van der Waals surface area contributed by atoms with Crippen LogP contribution in [0.5, 0.6) is 0 Å². The summed E-state index contributed by atoms with van der Waals surface area (Å²) in [6.45, 7) is 0. The van der Waals surface area contributed by atoms with Crippen LogP contribution in [0.1, 0.15) is 0 Å². The largest absolute Gasteiger partial charge is 0.455 e. The molecule has 0 bridgehead atoms. The smallest absolute Gasteiger partial charge is 0.161 e. The van der Waals surface area contributed by atoms with Crippen molar-refractivity contribution < 1.29 is 4.42 Å². The number of hydrogen-bond acceptors (Lipinski definition) is 6. The monoisotopic (exact) mass is 1260 g/mol. The van der Waals surface area contributed by atoms with E-state index in [2.05, 4.69) is 279 Å². The summed E-state index contributed by atoms with van der Waals surface area (Å²) in [4.78, 5) is 20.9. The van der Waals surface area contributed by atoms with Gasteiger partial charge in [0.1, 0.15) is 11.2 Å². The predicted molar refractivity (Wildman–Crippen MR) is 413 cm³/mol. The topological polar surface area (TPSA) is 64.7 Å². The molecule has 0 aliphatic heterocycles. The third-order valence-electron chi connectivity index (χ3n) is 19.4. The molecule has 0 saturated heterocycles. The van der Waals surface area contributed by atoms with E-state index in [1.807, 2.05) is 72.0 Å². The molecular formula is C92H56N4OS. The van der Waals surface area contributed by atoms with Gasteiger partial charge in [0.15, 0.2) is 11.6 Å². The Kier molecular flexibility index (Phi) is 13.7. The average molecular weight is 1270 g/mol. The van der Waals surface area contributed by atoms with Crippen molar-refractivity contribution in [1.29, 1.82) is 0 Å². The Morgan fingerprint density at radius 2 is 0.531 bits per heavy atom. The number of hydrogen-bond donors (Lipinski definition) is 0. The van der Waals surface area contributed by atoms with Crippen LogP contribution in [0.2, 0.25) is 0 Å². The molecule has 20 rings (SSSR count). The number of rotatable bonds is 8. The first kappa shape index (κ1) is 56.8. The summed E-state index contributed by atoms with van der Waals surface area (Å²) in [6.07, 6.45) is 0. The summed E-state index contributed by atoms with van der Waals surface area (Å²) in [7, 11) is 0. The number of fused-ring (bicyclic) bond motifs is 18. The minimum Gasteiger partial charge on any atom is -0.455 e. The molecule has 0 atom stereocenters. The number of nitrogens with zero attached hydrogens (tertiary/aromatic N) is 4. The van der Waals surface area contributed by atoms with Crippen LogP contribution in [0, 0.1) is 0 Å². The summed E-state index contributed by atoms with van der Waals surface area (Å²) < 4.78 is 9.25. The lowest BCUT2D eigenvalue weighted by molar-refractivity contribution is 0.670. The second-order valence-corrected chi connectivity index (χ2v) is 26.1. The van der Waals surface area contributed by atoms with Gasteiger partial charge in [-0.25, -0.2) is 19.9 Å². The van der Waals surface area contributed by atoms with Crippen molar-refractivity contribution in [2.45, 2.75) is 0 Å². The first-order valence-electron chi connectivity index (χ1n) is 33.2. The molecule has 0 spiro atoms. The number of aromatic nitrogens is 4. The van der Waals surface area contributed by atoms with Crippen LogP contribution < -0.4 is 0 Å². The molecule has 20 aromatic rings. The molecule has 4 heterocycles. The van der Waals surface area contributed by atoms with Crippen LogP contribution in [0.15, 0.2) is 344 Å². The Hall–Kier alpha value is -12.7. The summed E-state index contributed by atoms with van der Waals surface area (Å²) in [5.41, 5.74) is 16.0. The minimum atomic E-state index is 0.666. The SMILES string of the molecule is c1ccc(-c2cc(-c3ccccc3)nc(-c3ccc(-c4ccc5c6ccccc6c6ccccc6c5c4)c4oc5ccccc5c34)n2)cc1.c1ccc(-c2cc(-c3ccccc3)nc(-c3ccc(-c4ccc5c6ccccc6c6ccccc6c5c4)c4sc5ccccc5c34)n2)cc1. The van der Waals surface area contributed by atoms with E-state index in [-0.39, 0.29) is 0 Å². The maximum atomic E-state index is 6.74. The van der Waals surface area contributed by atoms with E-state index < -0.39 is 0 Å². The van der Waals surface area contributed by atoms with E-state index in [1.165, 1.54) is 95.9 Å². The van der Waals surface area contributed by atoms with E-state index in [0.29, 0.717) is 5.82 Å². The first-order chi connectivity index (χ1) is 48.6. The lowest BCUT2D eigenvalue weighted by atomic mass is 9.91. The molecule has 0 unspecified atom stereocenters. The van der Waals surface area contributed by atoms with Crippen molar-refractivity contribution in [1.82, 2.24) is 19.9 Å². The van der Waals surface area contributed by atoms with Crippen molar-refractivity contribution in [2.24, 2.45) is 0 Å². The van der Waals surface area contributed by atoms with Gasteiger partial charge in [-0.15, -0.1) is 11.3 Å². The van der Waals surface area contributed by atoms with Crippen molar-refractivity contribution >= 4 is 118 Å². The van der Waals surface area contributed by atoms with Crippen LogP contribution in [-0.4, -0.2) is 19.9 Å². The van der Waals surface area contributed by atoms with Crippen LogP contribution in [0.4, 0.5) is 0 Å². The molecule has 0 amide bonds. The van der Waals surface area contributed by atoms with Gasteiger partial charge in [0, 0.05) is 69.9 Å². The molecule has 4 aromatic heterocycles. The van der Waals surface area contributed by atoms with E-state index in [9.17, 15) is 0 Å². The Labute approximate surface area is 568 Å². The number of para-hydroxylation sites is 1. The lowest BCUT2D eigenvalue weighted by Crippen LogP contribution is -1.96. The third-order valence-corrected chi connectivity index (χ3v) is 20.6. The van der Waals surface area contributed by atoms with E-state index in [1.54, 1.807) is 0 Å². The molecule has 0 aliphatic carbocycles. The second-order valence-electron chi connectivity index (χ2n) is 25.0. The molecule has 0 saturated carbocycles. The van der Waals surface area contributed by atoms with Crippen molar-refractivity contribution in [2.75, 3.05) is 0 Å². The van der Waals surface area contributed by atoms with E-state index in [4.69, 9.17) is 24.4 Å². The molecule has 0 radical (unpaired) electrons. The van der Waals surface area contributed by atoms with Crippen LogP contribution in [-0.2, 0) is 0 Å². The Bertz CT molecular complexity index is 5960. The highest BCUT2D eigenvalue weighted by Gasteiger charge is 2.23. The zero-order chi connectivity index (χ0) is 64.6. The van der Waals surface area contributed by atoms with Gasteiger partial charge in [-0.2, -0.15) is 0 Å². The Balaban J connectivity index is 0.000000137. The van der Waals surface area contributed by atoms with Crippen LogP contribution in [0.25, 0.3) is 197 Å². The van der Waals surface area contributed by atoms with Crippen molar-refractivity contribution in [3.63, 3.8) is 0 Å². The van der Waals surface area contributed by atoms with Gasteiger partial charge in [0.05, 0.1) is 22.8 Å². The maximum Gasteiger partial charge on any atom is 0.161 e. The molecule has 456 valence electrons. The average Bonchev–Trinajstić information content (AvgIpc) is 0.978. The fourth-order valence-corrected chi connectivity index (χ4v) is 16.1. The van der Waals surface area contributed by atoms with Gasteiger partial charge >= 0.3 is 0 Å². The lowest BCUT2D eigenvalue weighted by Gasteiger charge is -2.14. The predicted octanol–water partition coefficient (Wildman–Crippen LogP) is 25.5. The molecule has 0 aliphatic rings. The van der Waals surface area contributed by atoms with Gasteiger partial charge in [0.25, 0.3) is 0 Å². The molecule has 6 heteroatoms. The summed E-state index contributed by atoms with van der Waals surface area (Å²) in [6, 6.07) is 120. The summed E-state index contributed by atoms with van der Waals surface area (Å²) >= 11 is 1.85. The molecule has 5 nitrogen and oxygen atoms in total. The zero-order valence-electron chi connectivity index (χ0n) is 52.9. The molecule has 0 fully saturated rings. The van der Waals surface area contributed by atoms with Gasteiger partial charge < -0.3 is 4.42 Å². The second kappa shape index (κ2) is 23.6. The molecule has 16 aromatic carbocycles. The van der Waals surface area contributed by atoms with Gasteiger partial charge in [-0.1, -0.05) is 285 Å². The summed E-state index contributed by atoms with van der Waals surface area (Å²) in [5, 5.41) is 19.7. The highest BCUT2D eigenvalue weighted by molar-refractivity contribution is 7.26. The summed E-state index contributed by atoms with van der Waals surface area (Å²) in [5.74, 6) is 1.40. The van der Waals surface area contributed by atoms with Crippen molar-refractivity contribution in [3.05, 3.63) is 340 Å². The van der Waals surface area contributed by atoms with E-state index in [0.717, 1.165) is 95.0 Å². The Morgan fingerprint density at radius 1 is 0.214 bits per heavy atom. The maximum absolute atomic E-state index is 6.74. The van der Waals surface area contributed by atoms with Gasteiger partial charge in [-0.05, 0) is 136 Å². The van der Waals surface area contributed by atoms with Crippen LogP contribution in [0.3, 0.4) is 0 Å². The van der Waals surface area contributed by atoms with Gasteiger partial charge in [0.2, 0.25) is 0 Å². The highest BCUT2D eigenvalue weighted by atomic mass is 32.1. The Morgan fingerprint density at radius 3 is 0.959 bits per heavy atom. The normalized spacial score (nSPS) is 11.7. The standard InChI is InChI=1S/C46H28N2O.C46H28N2S/c2*1-3-13-29(14-4-1)41-28-42(30-15-5-2-6-16-30)48-46(47-41)39-26-25-32(45-44(39)38-21-11-12-22-43(38)49-45)31-23-24-37-35-19-8-7-17-33(35)34-18-9-10-20-36(34)40(37)27-31/h2*1-28H. The molecular weight excluding hydrogens is 1210 g/mol. The number of thiophene rings is 1.